The number of halogens is 1. The van der Waals surface area contributed by atoms with Crippen LogP contribution in [-0.2, 0) is 0 Å². The monoisotopic (exact) mass is 221 g/mol. The van der Waals surface area contributed by atoms with Crippen molar-refractivity contribution in [2.45, 2.75) is 12.3 Å². The molecule has 0 bridgehead atoms. The molecule has 0 heterocycles. The Bertz CT molecular complexity index is 323. The third-order valence-corrected chi connectivity index (χ3v) is 2.78. The Labute approximate surface area is 80.1 Å². The van der Waals surface area contributed by atoms with Crippen molar-refractivity contribution in [3.63, 3.8) is 0 Å². The lowest BCUT2D eigenvalue weighted by molar-refractivity contribution is 1.02. The fraction of sp³-hybridized carbons (Fsp3) is 0.300. The average Bonchev–Trinajstić information content (AvgIpc) is 2.85. The zero-order chi connectivity index (χ0) is 8.55. The number of rotatable bonds is 1. The second-order valence-electron chi connectivity index (χ2n) is 3.13. The number of nitriles is 1. The largest absolute Gasteiger partial charge is 0.198 e. The van der Waals surface area contributed by atoms with Gasteiger partial charge in [-0.25, -0.2) is 0 Å². The zero-order valence-electron chi connectivity index (χ0n) is 6.50. The summed E-state index contributed by atoms with van der Waals surface area (Å²) in [5, 5.41) is 8.63. The van der Waals surface area contributed by atoms with Crippen molar-refractivity contribution in [3.8, 4) is 6.07 Å². The van der Waals surface area contributed by atoms with Crippen LogP contribution in [-0.4, -0.2) is 0 Å². The molecule has 1 aromatic rings. The van der Waals surface area contributed by atoms with Crippen LogP contribution in [0.4, 0.5) is 0 Å². The van der Waals surface area contributed by atoms with Gasteiger partial charge in [0.25, 0.3) is 0 Å². The van der Waals surface area contributed by atoms with E-state index in [4.69, 9.17) is 5.26 Å². The van der Waals surface area contributed by atoms with E-state index < -0.39 is 0 Å². The van der Waals surface area contributed by atoms with Gasteiger partial charge in [0.15, 0.2) is 0 Å². The Balaban J connectivity index is 2.17. The quantitative estimate of drug-likeness (QED) is 0.716. The van der Waals surface area contributed by atoms with Crippen molar-refractivity contribution in [1.29, 1.82) is 5.26 Å². The summed E-state index contributed by atoms with van der Waals surface area (Å²) < 4.78 is 1.10. The smallest absolute Gasteiger partial charge is 0.0662 e. The Morgan fingerprint density at radius 1 is 1.33 bits per heavy atom. The van der Waals surface area contributed by atoms with E-state index in [-0.39, 0.29) is 5.92 Å². The van der Waals surface area contributed by atoms with E-state index in [0.717, 1.165) is 10.9 Å². The molecule has 1 aliphatic carbocycles. The molecular formula is C10H8BrN. The van der Waals surface area contributed by atoms with Crippen LogP contribution in [0.2, 0.25) is 0 Å². The van der Waals surface area contributed by atoms with Crippen LogP contribution in [0.1, 0.15) is 17.9 Å². The maximum absolute atomic E-state index is 8.63. The summed E-state index contributed by atoms with van der Waals surface area (Å²) in [7, 11) is 0. The van der Waals surface area contributed by atoms with Crippen LogP contribution in [0, 0.1) is 17.2 Å². The summed E-state index contributed by atoms with van der Waals surface area (Å²) in [5.41, 5.74) is 1.30. The fourth-order valence-corrected chi connectivity index (χ4v) is 1.68. The van der Waals surface area contributed by atoms with Crippen molar-refractivity contribution >= 4 is 15.9 Å². The summed E-state index contributed by atoms with van der Waals surface area (Å²) in [5.74, 6) is 0.772. The van der Waals surface area contributed by atoms with Gasteiger partial charge in [-0.1, -0.05) is 28.1 Å². The molecule has 1 nitrogen and oxygen atoms in total. The van der Waals surface area contributed by atoms with Gasteiger partial charge in [0, 0.05) is 10.4 Å². The van der Waals surface area contributed by atoms with Gasteiger partial charge in [-0.2, -0.15) is 5.26 Å². The molecule has 0 radical (unpaired) electrons. The molecule has 2 atom stereocenters. The SMILES string of the molecule is N#CC1CC1c1ccc(Br)cc1. The van der Waals surface area contributed by atoms with Gasteiger partial charge in [-0.05, 0) is 24.1 Å². The van der Waals surface area contributed by atoms with E-state index in [1.807, 2.05) is 12.1 Å². The molecule has 1 aliphatic rings. The molecule has 12 heavy (non-hydrogen) atoms. The first-order valence-corrected chi connectivity index (χ1v) is 4.75. The molecule has 0 spiro atoms. The van der Waals surface area contributed by atoms with Gasteiger partial charge in [-0.15, -0.1) is 0 Å². The Hall–Kier alpha value is -0.810. The highest BCUT2D eigenvalue weighted by atomic mass is 79.9. The van der Waals surface area contributed by atoms with E-state index in [2.05, 4.69) is 34.1 Å². The standard InChI is InChI=1S/C10H8BrN/c11-9-3-1-7(2-4-9)10-5-8(10)6-12/h1-4,8,10H,5H2. The summed E-state index contributed by atoms with van der Waals surface area (Å²) >= 11 is 3.38. The number of benzene rings is 1. The van der Waals surface area contributed by atoms with Crippen molar-refractivity contribution in [2.75, 3.05) is 0 Å². The number of nitrogens with zero attached hydrogens (tertiary/aromatic N) is 1. The van der Waals surface area contributed by atoms with Crippen LogP contribution >= 0.6 is 15.9 Å². The van der Waals surface area contributed by atoms with Crippen LogP contribution in [0.25, 0.3) is 0 Å². The van der Waals surface area contributed by atoms with Crippen LogP contribution in [0.15, 0.2) is 28.7 Å². The lowest BCUT2D eigenvalue weighted by atomic mass is 10.1. The molecule has 0 N–H and O–H groups in total. The summed E-state index contributed by atoms with van der Waals surface area (Å²) in [6.45, 7) is 0. The minimum absolute atomic E-state index is 0.270. The van der Waals surface area contributed by atoms with Gasteiger partial charge >= 0.3 is 0 Å². The lowest BCUT2D eigenvalue weighted by Crippen LogP contribution is -1.80. The normalized spacial score (nSPS) is 26.3. The summed E-state index contributed by atoms with van der Waals surface area (Å²) in [6.07, 6.45) is 1.04. The molecule has 0 amide bonds. The number of hydrogen-bond donors (Lipinski definition) is 0. The van der Waals surface area contributed by atoms with Crippen molar-refractivity contribution < 1.29 is 0 Å². The van der Waals surface area contributed by atoms with E-state index in [1.54, 1.807) is 0 Å². The van der Waals surface area contributed by atoms with Crippen LogP contribution in [0.3, 0.4) is 0 Å². The number of hydrogen-bond acceptors (Lipinski definition) is 1. The highest BCUT2D eigenvalue weighted by molar-refractivity contribution is 9.10. The first kappa shape index (κ1) is 7.82. The van der Waals surface area contributed by atoms with Gasteiger partial charge < -0.3 is 0 Å². The second kappa shape index (κ2) is 2.91. The maximum Gasteiger partial charge on any atom is 0.0662 e. The molecule has 2 rings (SSSR count). The van der Waals surface area contributed by atoms with E-state index in [9.17, 15) is 0 Å². The Morgan fingerprint density at radius 3 is 2.50 bits per heavy atom. The van der Waals surface area contributed by atoms with E-state index in [0.29, 0.717) is 5.92 Å². The lowest BCUT2D eigenvalue weighted by Gasteiger charge is -1.96. The highest BCUT2D eigenvalue weighted by Crippen LogP contribution is 2.46. The first-order chi connectivity index (χ1) is 5.81. The average molecular weight is 222 g/mol. The molecule has 0 aromatic heterocycles. The fourth-order valence-electron chi connectivity index (χ4n) is 1.42. The molecule has 2 unspecified atom stereocenters. The molecule has 60 valence electrons. The predicted octanol–water partition coefficient (Wildman–Crippen LogP) is 3.08. The van der Waals surface area contributed by atoms with Gasteiger partial charge in [0.05, 0.1) is 12.0 Å². The highest BCUT2D eigenvalue weighted by Gasteiger charge is 2.38. The van der Waals surface area contributed by atoms with Crippen LogP contribution < -0.4 is 0 Å². The minimum Gasteiger partial charge on any atom is -0.198 e. The first-order valence-electron chi connectivity index (χ1n) is 3.96. The predicted molar refractivity (Wildman–Crippen MR) is 50.6 cm³/mol. The molecule has 1 fully saturated rings. The molecule has 0 saturated heterocycles. The topological polar surface area (TPSA) is 23.8 Å². The van der Waals surface area contributed by atoms with Gasteiger partial charge in [0.1, 0.15) is 0 Å². The Morgan fingerprint density at radius 2 is 2.00 bits per heavy atom. The third-order valence-electron chi connectivity index (χ3n) is 2.25. The second-order valence-corrected chi connectivity index (χ2v) is 4.05. The molecule has 1 saturated carbocycles. The Kier molecular flexibility index (Phi) is 1.90. The van der Waals surface area contributed by atoms with E-state index >= 15 is 0 Å². The summed E-state index contributed by atoms with van der Waals surface area (Å²) in [6, 6.07) is 10.5. The van der Waals surface area contributed by atoms with Crippen molar-refractivity contribution in [3.05, 3.63) is 34.3 Å². The van der Waals surface area contributed by atoms with Gasteiger partial charge in [-0.3, -0.25) is 0 Å². The molecule has 1 aromatic carbocycles. The van der Waals surface area contributed by atoms with Crippen molar-refractivity contribution in [1.82, 2.24) is 0 Å². The molecule has 0 aliphatic heterocycles. The maximum atomic E-state index is 8.63. The van der Waals surface area contributed by atoms with Gasteiger partial charge in [0.2, 0.25) is 0 Å². The third kappa shape index (κ3) is 1.37. The molecule has 2 heteroatoms. The molecular weight excluding hydrogens is 214 g/mol. The zero-order valence-corrected chi connectivity index (χ0v) is 8.08. The van der Waals surface area contributed by atoms with Crippen LogP contribution in [0.5, 0.6) is 0 Å². The van der Waals surface area contributed by atoms with E-state index in [1.165, 1.54) is 5.56 Å². The van der Waals surface area contributed by atoms with Crippen molar-refractivity contribution in [2.24, 2.45) is 5.92 Å². The minimum atomic E-state index is 0.270. The summed E-state index contributed by atoms with van der Waals surface area (Å²) in [4.78, 5) is 0.